The van der Waals surface area contributed by atoms with Crippen LogP contribution in [0.5, 0.6) is 5.75 Å². The predicted molar refractivity (Wildman–Crippen MR) is 111 cm³/mol. The Morgan fingerprint density at radius 3 is 2.66 bits per heavy atom. The molecular weight excluding hydrogens is 452 g/mol. The van der Waals surface area contributed by atoms with Gasteiger partial charge in [-0.1, -0.05) is 6.92 Å². The minimum absolute atomic E-state index is 0.0333. The number of halogens is 4. The van der Waals surface area contributed by atoms with E-state index in [0.717, 1.165) is 13.2 Å². The molecule has 1 aromatic carbocycles. The Balaban J connectivity index is 1.99. The Kier molecular flexibility index (Phi) is 6.36. The standard InChI is InChI=1S/C20H22F4N4O3S/c1-20(19(23)24)9-14(18(29)27-11-6-7-26-15(8-11)32(3,25)30)28(10-20)13-5-4-12(21)16(22)17(13)31-2/h4-8,14,19,25H,9-10H2,1-3H3,(H,26,27,29)/t14-,20+,32+/m0/s1. The van der Waals surface area contributed by atoms with E-state index < -0.39 is 50.9 Å². The lowest BCUT2D eigenvalue weighted by molar-refractivity contribution is -0.117. The molecule has 1 saturated heterocycles. The second kappa shape index (κ2) is 8.57. The first kappa shape index (κ1) is 23.8. The van der Waals surface area contributed by atoms with E-state index in [-0.39, 0.29) is 29.4 Å². The van der Waals surface area contributed by atoms with E-state index in [4.69, 9.17) is 9.52 Å². The molecule has 1 fully saturated rings. The van der Waals surface area contributed by atoms with Crippen LogP contribution >= 0.6 is 0 Å². The number of carbonyl (C=O) groups is 1. The summed E-state index contributed by atoms with van der Waals surface area (Å²) in [4.78, 5) is 18.2. The van der Waals surface area contributed by atoms with Crippen LogP contribution < -0.4 is 15.0 Å². The number of hydrogen-bond donors (Lipinski definition) is 2. The summed E-state index contributed by atoms with van der Waals surface area (Å²) in [6.45, 7) is 1.00. The summed E-state index contributed by atoms with van der Waals surface area (Å²) in [5, 5.41) is 2.50. The summed E-state index contributed by atoms with van der Waals surface area (Å²) in [5.74, 6) is -3.65. The quantitative estimate of drug-likeness (QED) is 0.620. The highest BCUT2D eigenvalue weighted by molar-refractivity contribution is 7.91. The maximum atomic E-state index is 14.3. The molecular formula is C20H22F4N4O3S. The summed E-state index contributed by atoms with van der Waals surface area (Å²) in [6.07, 6.45) is -0.612. The van der Waals surface area contributed by atoms with Gasteiger partial charge in [-0.15, -0.1) is 0 Å². The van der Waals surface area contributed by atoms with Crippen molar-refractivity contribution >= 4 is 27.0 Å². The minimum Gasteiger partial charge on any atom is -0.491 e. The number of carbonyl (C=O) groups excluding carboxylic acids is 1. The van der Waals surface area contributed by atoms with Crippen LogP contribution in [0.1, 0.15) is 13.3 Å². The molecule has 3 atom stereocenters. The van der Waals surface area contributed by atoms with Crippen LogP contribution in [0.15, 0.2) is 35.5 Å². The van der Waals surface area contributed by atoms with E-state index in [1.54, 1.807) is 0 Å². The molecule has 12 heteroatoms. The van der Waals surface area contributed by atoms with Crippen molar-refractivity contribution in [2.24, 2.45) is 5.41 Å². The largest absolute Gasteiger partial charge is 0.491 e. The second-order valence-corrected chi connectivity index (χ2v) is 10.0. The molecule has 0 spiro atoms. The van der Waals surface area contributed by atoms with Gasteiger partial charge in [-0.25, -0.2) is 27.1 Å². The molecule has 1 aliphatic heterocycles. The number of hydrogen-bond acceptors (Lipinski definition) is 6. The maximum absolute atomic E-state index is 14.3. The van der Waals surface area contributed by atoms with Crippen molar-refractivity contribution in [2.45, 2.75) is 30.8 Å². The third-order valence-electron chi connectivity index (χ3n) is 5.34. The highest BCUT2D eigenvalue weighted by atomic mass is 32.2. The molecule has 174 valence electrons. The van der Waals surface area contributed by atoms with Crippen LogP contribution in [0.4, 0.5) is 28.9 Å². The number of methoxy groups -OCH3 is 1. The molecule has 0 radical (unpaired) electrons. The zero-order chi connectivity index (χ0) is 23.8. The van der Waals surface area contributed by atoms with Crippen molar-refractivity contribution in [1.29, 1.82) is 4.78 Å². The third-order valence-corrected chi connectivity index (χ3v) is 6.36. The molecule has 1 aromatic heterocycles. The highest BCUT2D eigenvalue weighted by Crippen LogP contribution is 2.45. The van der Waals surface area contributed by atoms with Crippen LogP contribution in [-0.2, 0) is 14.5 Å². The van der Waals surface area contributed by atoms with Gasteiger partial charge in [0.05, 0.1) is 22.5 Å². The fourth-order valence-corrected chi connectivity index (χ4v) is 4.24. The number of amides is 1. The summed E-state index contributed by atoms with van der Waals surface area (Å²) in [7, 11) is -2.04. The van der Waals surface area contributed by atoms with Gasteiger partial charge in [0, 0.05) is 30.1 Å². The van der Waals surface area contributed by atoms with Crippen LogP contribution in [0.3, 0.4) is 0 Å². The average molecular weight is 474 g/mol. The van der Waals surface area contributed by atoms with Crippen molar-refractivity contribution in [3.8, 4) is 5.75 Å². The van der Waals surface area contributed by atoms with Crippen LogP contribution in [0, 0.1) is 21.8 Å². The van der Waals surface area contributed by atoms with Gasteiger partial charge in [-0.2, -0.15) is 4.39 Å². The van der Waals surface area contributed by atoms with Gasteiger partial charge in [0.25, 0.3) is 0 Å². The predicted octanol–water partition coefficient (Wildman–Crippen LogP) is 3.89. The monoisotopic (exact) mass is 474 g/mol. The molecule has 2 heterocycles. The number of nitrogens with zero attached hydrogens (tertiary/aromatic N) is 2. The summed E-state index contributed by atoms with van der Waals surface area (Å²) < 4.78 is 80.1. The van der Waals surface area contributed by atoms with Gasteiger partial charge >= 0.3 is 0 Å². The van der Waals surface area contributed by atoms with E-state index in [1.807, 2.05) is 0 Å². The third kappa shape index (κ3) is 4.50. The maximum Gasteiger partial charge on any atom is 0.247 e. The van der Waals surface area contributed by atoms with E-state index in [2.05, 4.69) is 10.3 Å². The van der Waals surface area contributed by atoms with Gasteiger partial charge < -0.3 is 15.0 Å². The molecule has 0 aliphatic carbocycles. The average Bonchev–Trinajstić information content (AvgIpc) is 3.08. The molecule has 0 unspecified atom stereocenters. The fraction of sp³-hybridized carbons (Fsp3) is 0.400. The van der Waals surface area contributed by atoms with Crippen LogP contribution in [0.25, 0.3) is 0 Å². The lowest BCUT2D eigenvalue weighted by atomic mass is 9.88. The van der Waals surface area contributed by atoms with Crippen molar-refractivity contribution in [3.05, 3.63) is 42.1 Å². The minimum atomic E-state index is -3.15. The summed E-state index contributed by atoms with van der Waals surface area (Å²) in [6, 6.07) is 3.51. The van der Waals surface area contributed by atoms with E-state index in [9.17, 15) is 26.6 Å². The number of ether oxygens (including phenoxy) is 1. The van der Waals surface area contributed by atoms with Gasteiger partial charge in [0.15, 0.2) is 11.6 Å². The first-order valence-corrected chi connectivity index (χ1v) is 11.4. The number of alkyl halides is 2. The first-order valence-electron chi connectivity index (χ1n) is 9.45. The normalized spacial score (nSPS) is 22.6. The zero-order valence-electron chi connectivity index (χ0n) is 17.5. The molecule has 2 N–H and O–H groups in total. The fourth-order valence-electron chi connectivity index (χ4n) is 3.63. The smallest absolute Gasteiger partial charge is 0.247 e. The van der Waals surface area contributed by atoms with Gasteiger partial charge in [-0.3, -0.25) is 4.79 Å². The first-order chi connectivity index (χ1) is 14.9. The Labute approximate surface area is 182 Å². The molecule has 3 rings (SSSR count). The summed E-state index contributed by atoms with van der Waals surface area (Å²) >= 11 is 0. The molecule has 0 bridgehead atoms. The van der Waals surface area contributed by atoms with Crippen molar-refractivity contribution < 1.29 is 31.3 Å². The molecule has 1 amide bonds. The molecule has 32 heavy (non-hydrogen) atoms. The number of benzene rings is 1. The zero-order valence-corrected chi connectivity index (χ0v) is 18.3. The SMILES string of the molecule is COc1c(N2C[C@](C)(C(F)F)C[C@H]2C(=O)Nc2ccnc([S@](C)(=N)=O)c2)ccc(F)c1F. The van der Waals surface area contributed by atoms with Crippen molar-refractivity contribution in [3.63, 3.8) is 0 Å². The Bertz CT molecular complexity index is 1150. The van der Waals surface area contributed by atoms with Gasteiger partial charge in [0.2, 0.25) is 18.1 Å². The number of pyridine rings is 1. The highest BCUT2D eigenvalue weighted by Gasteiger charge is 2.50. The van der Waals surface area contributed by atoms with Crippen LogP contribution in [-0.4, -0.2) is 47.5 Å². The Morgan fingerprint density at radius 1 is 1.38 bits per heavy atom. The number of rotatable bonds is 6. The van der Waals surface area contributed by atoms with Crippen molar-refractivity contribution in [2.75, 3.05) is 30.1 Å². The second-order valence-electron chi connectivity index (χ2n) is 7.93. The van der Waals surface area contributed by atoms with Crippen molar-refractivity contribution in [1.82, 2.24) is 4.98 Å². The Hall–Kier alpha value is -2.89. The van der Waals surface area contributed by atoms with Gasteiger partial charge in [0.1, 0.15) is 11.1 Å². The number of anilines is 2. The molecule has 2 aromatic rings. The van der Waals surface area contributed by atoms with E-state index in [0.29, 0.717) is 0 Å². The van der Waals surface area contributed by atoms with Crippen LogP contribution in [0.2, 0.25) is 0 Å². The van der Waals surface area contributed by atoms with E-state index >= 15 is 0 Å². The van der Waals surface area contributed by atoms with Gasteiger partial charge in [-0.05, 0) is 30.7 Å². The molecule has 1 aliphatic rings. The molecule has 0 saturated carbocycles. The topological polar surface area (TPSA) is 95.4 Å². The lowest BCUT2D eigenvalue weighted by Crippen LogP contribution is -2.40. The number of nitrogens with one attached hydrogen (secondary N) is 2. The molecule has 7 nitrogen and oxygen atoms in total. The number of aromatic nitrogens is 1. The van der Waals surface area contributed by atoms with E-state index in [1.165, 1.54) is 42.5 Å². The lowest BCUT2D eigenvalue weighted by Gasteiger charge is -2.28. The summed E-state index contributed by atoms with van der Waals surface area (Å²) in [5.41, 5.74) is -1.46. The Morgan fingerprint density at radius 2 is 2.06 bits per heavy atom.